The van der Waals surface area contributed by atoms with E-state index in [0.29, 0.717) is 17.9 Å². The van der Waals surface area contributed by atoms with E-state index in [2.05, 4.69) is 0 Å². The van der Waals surface area contributed by atoms with Gasteiger partial charge < -0.3 is 9.64 Å². The number of nitrogens with zero attached hydrogens (tertiary/aromatic N) is 1. The van der Waals surface area contributed by atoms with Gasteiger partial charge in [0.15, 0.2) is 0 Å². The van der Waals surface area contributed by atoms with Crippen LogP contribution in [0.4, 0.5) is 0 Å². The summed E-state index contributed by atoms with van der Waals surface area (Å²) >= 11 is 1.63. The van der Waals surface area contributed by atoms with Gasteiger partial charge in [0.2, 0.25) is 0 Å². The predicted octanol–water partition coefficient (Wildman–Crippen LogP) is 1.99. The summed E-state index contributed by atoms with van der Waals surface area (Å²) in [4.78, 5) is 25.7. The lowest BCUT2D eigenvalue weighted by Crippen LogP contribution is -2.45. The smallest absolute Gasteiger partial charge is 0.329 e. The SMILES string of the molecule is CCOC(=O)C1CSC2(C)c3ccccc3C(=O)N12. The average Bonchev–Trinajstić information content (AvgIpc) is 2.86. The van der Waals surface area contributed by atoms with E-state index in [4.69, 9.17) is 4.74 Å². The number of rotatable bonds is 2. The second kappa shape index (κ2) is 4.27. The highest BCUT2D eigenvalue weighted by Gasteiger charge is 2.56. The van der Waals surface area contributed by atoms with Gasteiger partial charge in [0, 0.05) is 16.9 Å². The fourth-order valence-corrected chi connectivity index (χ4v) is 4.29. The Kier molecular flexibility index (Phi) is 2.82. The molecule has 100 valence electrons. The van der Waals surface area contributed by atoms with Gasteiger partial charge in [-0.25, -0.2) is 4.79 Å². The second-order valence-electron chi connectivity index (χ2n) is 4.78. The van der Waals surface area contributed by atoms with E-state index >= 15 is 0 Å². The van der Waals surface area contributed by atoms with Crippen LogP contribution >= 0.6 is 11.8 Å². The van der Waals surface area contributed by atoms with Crippen molar-refractivity contribution in [3.63, 3.8) is 0 Å². The summed E-state index contributed by atoms with van der Waals surface area (Å²) in [5, 5.41) is 0. The standard InChI is InChI=1S/C14H15NO3S/c1-3-18-13(17)11-8-19-14(2)10-7-5-4-6-9(10)12(16)15(11)14/h4-7,11H,3,8H2,1-2H3. The molecule has 0 N–H and O–H groups in total. The molecule has 1 saturated heterocycles. The van der Waals surface area contributed by atoms with E-state index in [-0.39, 0.29) is 11.9 Å². The Bertz CT molecular complexity index is 559. The van der Waals surface area contributed by atoms with Crippen molar-refractivity contribution in [2.75, 3.05) is 12.4 Å². The minimum absolute atomic E-state index is 0.0684. The lowest BCUT2D eigenvalue weighted by atomic mass is 10.1. The zero-order valence-electron chi connectivity index (χ0n) is 10.9. The molecular weight excluding hydrogens is 262 g/mol. The quantitative estimate of drug-likeness (QED) is 0.776. The first kappa shape index (κ1) is 12.5. The molecule has 3 rings (SSSR count). The predicted molar refractivity (Wildman–Crippen MR) is 72.8 cm³/mol. The third kappa shape index (κ3) is 1.61. The highest BCUT2D eigenvalue weighted by atomic mass is 32.2. The Morgan fingerprint density at radius 2 is 2.26 bits per heavy atom. The van der Waals surface area contributed by atoms with Gasteiger partial charge in [-0.05, 0) is 19.9 Å². The molecular formula is C14H15NO3S. The van der Waals surface area contributed by atoms with Crippen LogP contribution in [0.15, 0.2) is 24.3 Å². The van der Waals surface area contributed by atoms with Gasteiger partial charge in [-0.2, -0.15) is 0 Å². The van der Waals surface area contributed by atoms with Gasteiger partial charge in [0.1, 0.15) is 10.9 Å². The molecule has 1 fully saturated rings. The summed E-state index contributed by atoms with van der Waals surface area (Å²) in [6.07, 6.45) is 0. The fourth-order valence-electron chi connectivity index (χ4n) is 2.84. The minimum atomic E-state index is -0.477. The number of hydrogen-bond acceptors (Lipinski definition) is 4. The van der Waals surface area contributed by atoms with Crippen molar-refractivity contribution in [2.24, 2.45) is 0 Å². The van der Waals surface area contributed by atoms with Crippen LogP contribution in [0.3, 0.4) is 0 Å². The Hall–Kier alpha value is -1.49. The van der Waals surface area contributed by atoms with Gasteiger partial charge in [0.25, 0.3) is 5.91 Å². The average molecular weight is 277 g/mol. The lowest BCUT2D eigenvalue weighted by Gasteiger charge is -2.30. The lowest BCUT2D eigenvalue weighted by molar-refractivity contribution is -0.148. The zero-order valence-corrected chi connectivity index (χ0v) is 11.7. The molecule has 5 heteroatoms. The van der Waals surface area contributed by atoms with Crippen LogP contribution in [0.1, 0.15) is 29.8 Å². The van der Waals surface area contributed by atoms with Crippen molar-refractivity contribution in [3.8, 4) is 0 Å². The molecule has 2 atom stereocenters. The molecule has 2 aliphatic heterocycles. The topological polar surface area (TPSA) is 46.6 Å². The molecule has 2 aliphatic rings. The number of ether oxygens (including phenoxy) is 1. The summed E-state index contributed by atoms with van der Waals surface area (Å²) in [7, 11) is 0. The van der Waals surface area contributed by atoms with Crippen LogP contribution in [0.25, 0.3) is 0 Å². The second-order valence-corrected chi connectivity index (χ2v) is 6.20. The molecule has 19 heavy (non-hydrogen) atoms. The van der Waals surface area contributed by atoms with E-state index in [1.807, 2.05) is 31.2 Å². The summed E-state index contributed by atoms with van der Waals surface area (Å²) in [5.74, 6) is 0.219. The molecule has 2 unspecified atom stereocenters. The summed E-state index contributed by atoms with van der Waals surface area (Å²) in [6.45, 7) is 4.12. The fraction of sp³-hybridized carbons (Fsp3) is 0.429. The number of carbonyl (C=O) groups is 2. The molecule has 0 saturated carbocycles. The number of esters is 1. The van der Waals surface area contributed by atoms with Crippen molar-refractivity contribution in [1.29, 1.82) is 0 Å². The molecule has 0 aliphatic carbocycles. The first-order valence-electron chi connectivity index (χ1n) is 6.33. The minimum Gasteiger partial charge on any atom is -0.464 e. The highest BCUT2D eigenvalue weighted by Crippen LogP contribution is 2.53. The normalized spacial score (nSPS) is 28.2. The first-order chi connectivity index (χ1) is 9.09. The van der Waals surface area contributed by atoms with Crippen LogP contribution in [0.2, 0.25) is 0 Å². The molecule has 2 heterocycles. The van der Waals surface area contributed by atoms with Gasteiger partial charge in [-0.15, -0.1) is 11.8 Å². The van der Waals surface area contributed by atoms with Crippen molar-refractivity contribution in [3.05, 3.63) is 35.4 Å². The van der Waals surface area contributed by atoms with Crippen molar-refractivity contribution >= 4 is 23.6 Å². The van der Waals surface area contributed by atoms with Gasteiger partial charge in [0.05, 0.1) is 6.61 Å². The van der Waals surface area contributed by atoms with Gasteiger partial charge in [-0.1, -0.05) is 18.2 Å². The number of benzene rings is 1. The van der Waals surface area contributed by atoms with Crippen molar-refractivity contribution < 1.29 is 14.3 Å². The third-order valence-electron chi connectivity index (χ3n) is 3.73. The molecule has 4 nitrogen and oxygen atoms in total. The van der Waals surface area contributed by atoms with Gasteiger partial charge >= 0.3 is 5.97 Å². The van der Waals surface area contributed by atoms with Crippen molar-refractivity contribution in [1.82, 2.24) is 4.90 Å². The maximum atomic E-state index is 12.5. The third-order valence-corrected chi connectivity index (χ3v) is 5.19. The van der Waals surface area contributed by atoms with E-state index in [1.54, 1.807) is 23.6 Å². The number of fused-ring (bicyclic) bond motifs is 3. The van der Waals surface area contributed by atoms with Gasteiger partial charge in [-0.3, -0.25) is 4.79 Å². The largest absolute Gasteiger partial charge is 0.464 e. The number of hydrogen-bond donors (Lipinski definition) is 0. The summed E-state index contributed by atoms with van der Waals surface area (Å²) in [5.41, 5.74) is 1.70. The molecule has 0 spiro atoms. The Labute approximate surface area is 116 Å². The van der Waals surface area contributed by atoms with Crippen molar-refractivity contribution in [2.45, 2.75) is 24.8 Å². The van der Waals surface area contributed by atoms with Crippen LogP contribution < -0.4 is 0 Å². The summed E-state index contributed by atoms with van der Waals surface area (Å²) < 4.78 is 5.08. The molecule has 0 aromatic heterocycles. The van der Waals surface area contributed by atoms with Crippen LogP contribution in [0.5, 0.6) is 0 Å². The maximum absolute atomic E-state index is 12.5. The highest BCUT2D eigenvalue weighted by molar-refractivity contribution is 8.00. The summed E-state index contributed by atoms with van der Waals surface area (Å²) in [6, 6.07) is 7.10. The van der Waals surface area contributed by atoms with E-state index in [9.17, 15) is 9.59 Å². The Morgan fingerprint density at radius 3 is 3.00 bits per heavy atom. The van der Waals surface area contributed by atoms with Crippen LogP contribution in [-0.2, 0) is 14.4 Å². The van der Waals surface area contributed by atoms with Crippen LogP contribution in [0, 0.1) is 0 Å². The molecule has 0 bridgehead atoms. The molecule has 1 aromatic rings. The van der Waals surface area contributed by atoms with E-state index in [0.717, 1.165) is 5.56 Å². The monoisotopic (exact) mass is 277 g/mol. The Balaban J connectivity index is 2.02. The maximum Gasteiger partial charge on any atom is 0.329 e. The molecule has 0 radical (unpaired) electrons. The van der Waals surface area contributed by atoms with Crippen LogP contribution in [-0.4, -0.2) is 35.2 Å². The van der Waals surface area contributed by atoms with E-state index in [1.165, 1.54) is 0 Å². The zero-order chi connectivity index (χ0) is 13.6. The first-order valence-corrected chi connectivity index (χ1v) is 7.32. The number of carbonyl (C=O) groups excluding carboxylic acids is 2. The Morgan fingerprint density at radius 1 is 1.53 bits per heavy atom. The molecule has 1 aromatic carbocycles. The molecule has 1 amide bonds. The number of thioether (sulfide) groups is 1. The number of amides is 1. The van der Waals surface area contributed by atoms with E-state index < -0.39 is 10.9 Å².